The fourth-order valence-corrected chi connectivity index (χ4v) is 2.59. The second-order valence-corrected chi connectivity index (χ2v) is 6.16. The van der Waals surface area contributed by atoms with E-state index in [9.17, 15) is 4.79 Å². The molecule has 8 heteroatoms. The number of carbonyl (C=O) groups is 1. The Kier molecular flexibility index (Phi) is 8.64. The molecule has 0 aliphatic rings. The van der Waals surface area contributed by atoms with Crippen LogP contribution in [0.2, 0.25) is 0 Å². The number of halogens is 1. The topological polar surface area (TPSA) is 89.3 Å². The first kappa shape index (κ1) is 22.4. The van der Waals surface area contributed by atoms with Crippen LogP contribution in [0.3, 0.4) is 0 Å². The first-order valence-corrected chi connectivity index (χ1v) is 9.34. The molecule has 0 unspecified atom stereocenters. The summed E-state index contributed by atoms with van der Waals surface area (Å²) in [5.74, 6) is 1.55. The van der Waals surface area contributed by atoms with Gasteiger partial charge in [-0.3, -0.25) is 4.79 Å². The summed E-state index contributed by atoms with van der Waals surface area (Å²) in [6, 6.07) is 14.7. The quantitative estimate of drug-likeness (QED) is 0.548. The van der Waals surface area contributed by atoms with Crippen molar-refractivity contribution in [2.75, 3.05) is 11.9 Å². The van der Waals surface area contributed by atoms with Gasteiger partial charge in [-0.15, -0.1) is 12.4 Å². The lowest BCUT2D eigenvalue weighted by atomic mass is 10.1. The molecule has 2 aromatic carbocycles. The minimum atomic E-state index is -0.166. The van der Waals surface area contributed by atoms with Gasteiger partial charge in [0.15, 0.2) is 6.61 Å². The number of rotatable bonds is 9. The number of para-hydroxylation sites is 1. The molecule has 154 valence electrons. The van der Waals surface area contributed by atoms with Crippen LogP contribution < -0.4 is 15.4 Å². The van der Waals surface area contributed by atoms with Gasteiger partial charge in [0.25, 0.3) is 5.91 Å². The van der Waals surface area contributed by atoms with E-state index in [-0.39, 0.29) is 24.9 Å². The second-order valence-electron chi connectivity index (χ2n) is 6.16. The fraction of sp³-hybridized carbons (Fsp3) is 0.286. The number of aryl methyl sites for hydroxylation is 1. The van der Waals surface area contributed by atoms with Gasteiger partial charge in [0, 0.05) is 24.2 Å². The first-order valence-electron chi connectivity index (χ1n) is 9.34. The van der Waals surface area contributed by atoms with Crippen LogP contribution >= 0.6 is 12.4 Å². The smallest absolute Gasteiger partial charge is 0.255 e. The van der Waals surface area contributed by atoms with Gasteiger partial charge in [-0.05, 0) is 42.4 Å². The molecule has 0 aliphatic carbocycles. The molecule has 0 fully saturated rings. The zero-order valence-electron chi connectivity index (χ0n) is 16.5. The van der Waals surface area contributed by atoms with E-state index < -0.39 is 0 Å². The van der Waals surface area contributed by atoms with Crippen molar-refractivity contribution in [3.8, 4) is 5.75 Å². The van der Waals surface area contributed by atoms with Gasteiger partial charge >= 0.3 is 0 Å². The van der Waals surface area contributed by atoms with Crippen molar-refractivity contribution in [1.82, 2.24) is 15.5 Å². The molecule has 0 radical (unpaired) electrons. The average molecular weight is 417 g/mol. The molecule has 2 N–H and O–H groups in total. The Morgan fingerprint density at radius 2 is 1.86 bits per heavy atom. The standard InChI is InChI=1S/C21H24N4O3.ClH/c1-3-20-24-19(25-28-20)14-27-17-11-9-15(10-12-17)21(26)23-18-8-6-5-7-16(18)13-22-4-2;/h5-12,22H,3-4,13-14H2,1-2H3,(H,23,26);1H. The lowest BCUT2D eigenvalue weighted by Gasteiger charge is -2.12. The highest BCUT2D eigenvalue weighted by Crippen LogP contribution is 2.18. The predicted octanol–water partition coefficient (Wildman–Crippen LogP) is 3.99. The molecule has 1 aromatic heterocycles. The summed E-state index contributed by atoms with van der Waals surface area (Å²) in [5, 5.41) is 10.1. The van der Waals surface area contributed by atoms with E-state index in [2.05, 4.69) is 20.8 Å². The van der Waals surface area contributed by atoms with Crippen LogP contribution in [0.25, 0.3) is 0 Å². The Bertz CT molecular complexity index is 912. The molecular formula is C21H25ClN4O3. The third-order valence-electron chi connectivity index (χ3n) is 4.13. The number of aromatic nitrogens is 2. The number of nitrogens with one attached hydrogen (secondary N) is 2. The molecule has 0 bridgehead atoms. The normalized spacial score (nSPS) is 10.3. The van der Waals surface area contributed by atoms with Gasteiger partial charge in [0.05, 0.1) is 0 Å². The summed E-state index contributed by atoms with van der Waals surface area (Å²) >= 11 is 0. The van der Waals surface area contributed by atoms with Crippen LogP contribution in [0.1, 0.15) is 41.5 Å². The van der Waals surface area contributed by atoms with Crippen LogP contribution in [0.5, 0.6) is 5.75 Å². The number of nitrogens with zero attached hydrogens (tertiary/aromatic N) is 2. The van der Waals surface area contributed by atoms with Crippen LogP contribution in [0, 0.1) is 0 Å². The number of hydrogen-bond donors (Lipinski definition) is 2. The zero-order valence-corrected chi connectivity index (χ0v) is 17.3. The number of ether oxygens (including phenoxy) is 1. The van der Waals surface area contributed by atoms with Gasteiger partial charge in [-0.25, -0.2) is 0 Å². The minimum Gasteiger partial charge on any atom is -0.485 e. The lowest BCUT2D eigenvalue weighted by Crippen LogP contribution is -2.17. The maximum atomic E-state index is 12.6. The molecule has 1 heterocycles. The molecule has 0 saturated heterocycles. The summed E-state index contributed by atoms with van der Waals surface area (Å²) in [6.45, 7) is 5.78. The maximum Gasteiger partial charge on any atom is 0.255 e. The summed E-state index contributed by atoms with van der Waals surface area (Å²) in [4.78, 5) is 16.8. The predicted molar refractivity (Wildman–Crippen MR) is 113 cm³/mol. The van der Waals surface area contributed by atoms with Gasteiger partial charge < -0.3 is 19.9 Å². The minimum absolute atomic E-state index is 0. The molecular weight excluding hydrogens is 392 g/mol. The summed E-state index contributed by atoms with van der Waals surface area (Å²) in [6.07, 6.45) is 0.689. The van der Waals surface area contributed by atoms with Crippen LogP contribution in [-0.2, 0) is 19.6 Å². The summed E-state index contributed by atoms with van der Waals surface area (Å²) < 4.78 is 10.7. The van der Waals surface area contributed by atoms with E-state index in [4.69, 9.17) is 9.26 Å². The molecule has 0 saturated carbocycles. The van der Waals surface area contributed by atoms with Crippen molar-refractivity contribution in [1.29, 1.82) is 0 Å². The van der Waals surface area contributed by atoms with Crippen LogP contribution in [0.15, 0.2) is 53.1 Å². The van der Waals surface area contributed by atoms with Crippen molar-refractivity contribution < 1.29 is 14.1 Å². The van der Waals surface area contributed by atoms with E-state index in [1.54, 1.807) is 24.3 Å². The Labute approximate surface area is 176 Å². The van der Waals surface area contributed by atoms with E-state index >= 15 is 0 Å². The van der Waals surface area contributed by atoms with Gasteiger partial charge in [0.2, 0.25) is 11.7 Å². The maximum absolute atomic E-state index is 12.6. The monoisotopic (exact) mass is 416 g/mol. The van der Waals surface area contributed by atoms with Crippen molar-refractivity contribution in [2.24, 2.45) is 0 Å². The Hall–Kier alpha value is -2.90. The first-order chi connectivity index (χ1) is 13.7. The van der Waals surface area contributed by atoms with E-state index in [1.165, 1.54) is 0 Å². The van der Waals surface area contributed by atoms with Crippen molar-refractivity contribution in [2.45, 2.75) is 33.4 Å². The Balaban J connectivity index is 0.00000300. The number of carbonyl (C=O) groups excluding carboxylic acids is 1. The van der Waals surface area contributed by atoms with Crippen LogP contribution in [-0.4, -0.2) is 22.6 Å². The average Bonchev–Trinajstić information content (AvgIpc) is 3.20. The third kappa shape index (κ3) is 6.30. The lowest BCUT2D eigenvalue weighted by molar-refractivity contribution is 0.102. The second kappa shape index (κ2) is 11.2. The number of amides is 1. The molecule has 0 atom stereocenters. The van der Waals surface area contributed by atoms with Crippen molar-refractivity contribution in [3.05, 3.63) is 71.4 Å². The van der Waals surface area contributed by atoms with Crippen LogP contribution in [0.4, 0.5) is 5.69 Å². The number of benzene rings is 2. The highest BCUT2D eigenvalue weighted by Gasteiger charge is 2.10. The molecule has 0 spiro atoms. The van der Waals surface area contributed by atoms with Gasteiger partial charge in [0.1, 0.15) is 5.75 Å². The molecule has 3 rings (SSSR count). The molecule has 29 heavy (non-hydrogen) atoms. The SMILES string of the molecule is CCNCc1ccccc1NC(=O)c1ccc(OCc2noc(CC)n2)cc1.Cl. The molecule has 7 nitrogen and oxygen atoms in total. The Morgan fingerprint density at radius 1 is 1.10 bits per heavy atom. The summed E-state index contributed by atoms with van der Waals surface area (Å²) in [7, 11) is 0. The summed E-state index contributed by atoms with van der Waals surface area (Å²) in [5.41, 5.74) is 2.40. The molecule has 3 aromatic rings. The highest BCUT2D eigenvalue weighted by molar-refractivity contribution is 6.04. The fourth-order valence-electron chi connectivity index (χ4n) is 2.59. The van der Waals surface area contributed by atoms with Gasteiger partial charge in [-0.1, -0.05) is 37.2 Å². The van der Waals surface area contributed by atoms with E-state index in [1.807, 2.05) is 38.1 Å². The number of hydrogen-bond acceptors (Lipinski definition) is 6. The molecule has 0 aliphatic heterocycles. The van der Waals surface area contributed by atoms with E-state index in [0.717, 1.165) is 17.8 Å². The Morgan fingerprint density at radius 3 is 2.55 bits per heavy atom. The van der Waals surface area contributed by atoms with E-state index in [0.29, 0.717) is 36.0 Å². The van der Waals surface area contributed by atoms with Crippen molar-refractivity contribution >= 4 is 24.0 Å². The largest absolute Gasteiger partial charge is 0.485 e. The zero-order chi connectivity index (χ0) is 19.8. The highest BCUT2D eigenvalue weighted by atomic mass is 35.5. The molecule has 1 amide bonds. The van der Waals surface area contributed by atoms with Crippen molar-refractivity contribution in [3.63, 3.8) is 0 Å². The number of anilines is 1. The third-order valence-corrected chi connectivity index (χ3v) is 4.13. The van der Waals surface area contributed by atoms with Gasteiger partial charge in [-0.2, -0.15) is 4.98 Å².